The van der Waals surface area contributed by atoms with Crippen LogP contribution in [0.1, 0.15) is 12.2 Å². The number of hydrogen-bond donors (Lipinski definition) is 0. The fourth-order valence-corrected chi connectivity index (χ4v) is 3.70. The summed E-state index contributed by atoms with van der Waals surface area (Å²) in [5.41, 5.74) is 0.645. The predicted octanol–water partition coefficient (Wildman–Crippen LogP) is 4.32. The molecular formula is C18H16FNO3S2. The van der Waals surface area contributed by atoms with Crippen LogP contribution in [0.5, 0.6) is 0 Å². The molecule has 1 amide bonds. The summed E-state index contributed by atoms with van der Waals surface area (Å²) in [6.45, 7) is 1.10. The van der Waals surface area contributed by atoms with Crippen molar-refractivity contribution in [1.82, 2.24) is 4.90 Å². The van der Waals surface area contributed by atoms with Crippen LogP contribution in [-0.2, 0) is 9.53 Å². The second-order valence-electron chi connectivity index (χ2n) is 5.39. The highest BCUT2D eigenvalue weighted by Crippen LogP contribution is 2.33. The van der Waals surface area contributed by atoms with Crippen molar-refractivity contribution < 1.29 is 18.3 Å². The number of nitrogens with zero attached hydrogens (tertiary/aromatic N) is 1. The molecule has 2 aromatic rings. The summed E-state index contributed by atoms with van der Waals surface area (Å²) in [7, 11) is 1.62. The number of carbonyl (C=O) groups excluding carboxylic acids is 1. The Kier molecular flexibility index (Phi) is 5.67. The highest BCUT2D eigenvalue weighted by atomic mass is 32.2. The van der Waals surface area contributed by atoms with Gasteiger partial charge in [0.15, 0.2) is 0 Å². The van der Waals surface area contributed by atoms with Crippen molar-refractivity contribution in [3.05, 3.63) is 52.9 Å². The number of thioether (sulfide) groups is 1. The zero-order valence-electron chi connectivity index (χ0n) is 13.5. The molecule has 25 heavy (non-hydrogen) atoms. The summed E-state index contributed by atoms with van der Waals surface area (Å²) >= 11 is 6.52. The highest BCUT2D eigenvalue weighted by Gasteiger charge is 2.31. The van der Waals surface area contributed by atoms with Crippen molar-refractivity contribution in [1.29, 1.82) is 0 Å². The Bertz CT molecular complexity index is 831. The minimum Gasteiger partial charge on any atom is -0.457 e. The summed E-state index contributed by atoms with van der Waals surface area (Å²) in [4.78, 5) is 14.5. The Morgan fingerprint density at radius 1 is 1.36 bits per heavy atom. The van der Waals surface area contributed by atoms with E-state index in [1.165, 1.54) is 23.9 Å². The van der Waals surface area contributed by atoms with Crippen molar-refractivity contribution in [3.8, 4) is 11.3 Å². The van der Waals surface area contributed by atoms with Crippen molar-refractivity contribution >= 4 is 40.3 Å². The lowest BCUT2D eigenvalue weighted by Gasteiger charge is -2.13. The molecule has 1 aromatic carbocycles. The third kappa shape index (κ3) is 4.18. The molecule has 0 N–H and O–H groups in total. The molecule has 0 bridgehead atoms. The standard InChI is InChI=1S/C18H16FNO3S2/c1-22-9-3-8-20-17(21)16(25-18(20)24)11-14-6-7-15(23-14)12-4-2-5-13(19)10-12/h2,4-7,10-11H,3,8-9H2,1H3. The van der Waals surface area contributed by atoms with Crippen LogP contribution < -0.4 is 0 Å². The zero-order chi connectivity index (χ0) is 17.8. The van der Waals surface area contributed by atoms with Crippen LogP contribution in [-0.4, -0.2) is 35.4 Å². The predicted molar refractivity (Wildman–Crippen MR) is 100 cm³/mol. The number of thiocarbonyl (C=S) groups is 1. The van der Waals surface area contributed by atoms with Crippen molar-refractivity contribution in [2.75, 3.05) is 20.3 Å². The van der Waals surface area contributed by atoms with Gasteiger partial charge in [-0.3, -0.25) is 9.69 Å². The van der Waals surface area contributed by atoms with Crippen LogP contribution in [0.15, 0.2) is 45.7 Å². The molecule has 1 aliphatic heterocycles. The lowest BCUT2D eigenvalue weighted by atomic mass is 10.2. The van der Waals surface area contributed by atoms with E-state index in [0.29, 0.717) is 39.5 Å². The molecular weight excluding hydrogens is 361 g/mol. The van der Waals surface area contributed by atoms with Gasteiger partial charge < -0.3 is 9.15 Å². The molecule has 1 fully saturated rings. The second-order valence-corrected chi connectivity index (χ2v) is 7.07. The van der Waals surface area contributed by atoms with Gasteiger partial charge in [-0.15, -0.1) is 0 Å². The van der Waals surface area contributed by atoms with E-state index in [9.17, 15) is 9.18 Å². The van der Waals surface area contributed by atoms with Crippen LogP contribution in [0.3, 0.4) is 0 Å². The smallest absolute Gasteiger partial charge is 0.266 e. The Hall–Kier alpha value is -1.96. The number of ether oxygens (including phenoxy) is 1. The average Bonchev–Trinajstić information content (AvgIpc) is 3.15. The Labute approximate surface area is 154 Å². The minimum atomic E-state index is -0.326. The van der Waals surface area contributed by atoms with E-state index >= 15 is 0 Å². The van der Waals surface area contributed by atoms with Crippen molar-refractivity contribution in [2.45, 2.75) is 6.42 Å². The molecule has 0 atom stereocenters. The minimum absolute atomic E-state index is 0.130. The molecule has 4 nitrogen and oxygen atoms in total. The maximum Gasteiger partial charge on any atom is 0.266 e. The van der Waals surface area contributed by atoms with Crippen LogP contribution in [0, 0.1) is 5.82 Å². The number of carbonyl (C=O) groups is 1. The van der Waals surface area contributed by atoms with Gasteiger partial charge >= 0.3 is 0 Å². The van der Waals surface area contributed by atoms with Crippen molar-refractivity contribution in [2.24, 2.45) is 0 Å². The Morgan fingerprint density at radius 2 is 2.20 bits per heavy atom. The molecule has 7 heteroatoms. The molecule has 130 valence electrons. The fourth-order valence-electron chi connectivity index (χ4n) is 2.42. The number of halogens is 1. The molecule has 0 saturated carbocycles. The highest BCUT2D eigenvalue weighted by molar-refractivity contribution is 8.26. The summed E-state index contributed by atoms with van der Waals surface area (Å²) in [5.74, 6) is 0.611. The SMILES string of the molecule is COCCCN1C(=O)C(=Cc2ccc(-c3cccc(F)c3)o2)SC1=S. The van der Waals surface area contributed by atoms with E-state index in [0.717, 1.165) is 6.42 Å². The maximum atomic E-state index is 13.3. The van der Waals surface area contributed by atoms with E-state index in [1.807, 2.05) is 0 Å². The van der Waals surface area contributed by atoms with Crippen LogP contribution in [0.4, 0.5) is 4.39 Å². The van der Waals surface area contributed by atoms with E-state index < -0.39 is 0 Å². The number of rotatable bonds is 6. The first kappa shape index (κ1) is 17.8. The van der Waals surface area contributed by atoms with Gasteiger partial charge in [0, 0.05) is 31.9 Å². The van der Waals surface area contributed by atoms with Crippen molar-refractivity contribution in [3.63, 3.8) is 0 Å². The van der Waals surface area contributed by atoms with Gasteiger partial charge in [-0.05, 0) is 30.7 Å². The van der Waals surface area contributed by atoms with E-state index in [-0.39, 0.29) is 11.7 Å². The van der Waals surface area contributed by atoms with E-state index in [2.05, 4.69) is 0 Å². The van der Waals surface area contributed by atoms with Gasteiger partial charge in [0.05, 0.1) is 4.91 Å². The topological polar surface area (TPSA) is 42.7 Å². The largest absolute Gasteiger partial charge is 0.457 e. The van der Waals surface area contributed by atoms with Crippen LogP contribution >= 0.6 is 24.0 Å². The normalized spacial score (nSPS) is 16.2. The van der Waals surface area contributed by atoms with E-state index in [1.54, 1.807) is 42.4 Å². The van der Waals surface area contributed by atoms with Gasteiger partial charge in [0.25, 0.3) is 5.91 Å². The first-order valence-electron chi connectivity index (χ1n) is 7.68. The summed E-state index contributed by atoms with van der Waals surface area (Å²) in [6.07, 6.45) is 2.39. The van der Waals surface area contributed by atoms with E-state index in [4.69, 9.17) is 21.4 Å². The molecule has 1 aromatic heterocycles. The average molecular weight is 377 g/mol. The maximum absolute atomic E-state index is 13.3. The van der Waals surface area contributed by atoms with Crippen LogP contribution in [0.25, 0.3) is 17.4 Å². The summed E-state index contributed by atoms with van der Waals surface area (Å²) in [5, 5.41) is 0. The lowest BCUT2D eigenvalue weighted by molar-refractivity contribution is -0.122. The van der Waals surface area contributed by atoms with Gasteiger partial charge in [0.1, 0.15) is 21.7 Å². The monoisotopic (exact) mass is 377 g/mol. The molecule has 3 rings (SSSR count). The number of amides is 1. The number of furan rings is 1. The Morgan fingerprint density at radius 3 is 2.96 bits per heavy atom. The molecule has 0 spiro atoms. The van der Waals surface area contributed by atoms with Gasteiger partial charge in [-0.2, -0.15) is 0 Å². The zero-order valence-corrected chi connectivity index (χ0v) is 15.2. The number of methoxy groups -OCH3 is 1. The van der Waals surface area contributed by atoms with Crippen LogP contribution in [0.2, 0.25) is 0 Å². The fraction of sp³-hybridized carbons (Fsp3) is 0.222. The summed E-state index contributed by atoms with van der Waals surface area (Å²) in [6, 6.07) is 9.66. The van der Waals surface area contributed by atoms with Gasteiger partial charge in [0.2, 0.25) is 0 Å². The Balaban J connectivity index is 1.75. The lowest BCUT2D eigenvalue weighted by Crippen LogP contribution is -2.29. The van der Waals surface area contributed by atoms with Gasteiger partial charge in [-0.25, -0.2) is 4.39 Å². The molecule has 2 heterocycles. The van der Waals surface area contributed by atoms with Gasteiger partial charge in [-0.1, -0.05) is 36.1 Å². The molecule has 0 aliphatic carbocycles. The first-order valence-corrected chi connectivity index (χ1v) is 8.91. The quantitative estimate of drug-likeness (QED) is 0.426. The molecule has 1 saturated heterocycles. The third-order valence-electron chi connectivity index (χ3n) is 3.61. The molecule has 1 aliphatic rings. The number of hydrogen-bond acceptors (Lipinski definition) is 5. The molecule has 0 unspecified atom stereocenters. The molecule has 0 radical (unpaired) electrons. The summed E-state index contributed by atoms with van der Waals surface area (Å²) < 4.78 is 24.6. The second kappa shape index (κ2) is 7.95. The third-order valence-corrected chi connectivity index (χ3v) is 4.99. The first-order chi connectivity index (χ1) is 12.1. The number of benzene rings is 1.